The van der Waals surface area contributed by atoms with Gasteiger partial charge in [0, 0.05) is 12.7 Å². The highest BCUT2D eigenvalue weighted by Gasteiger charge is 2.22. The minimum atomic E-state index is -0.566. The van der Waals surface area contributed by atoms with Gasteiger partial charge in [-0.2, -0.15) is 4.98 Å². The highest BCUT2D eigenvalue weighted by atomic mass is 19.1. The second-order valence-electron chi connectivity index (χ2n) is 4.48. The first kappa shape index (κ1) is 14.6. The molecule has 0 saturated carbocycles. The third-order valence-corrected chi connectivity index (χ3v) is 2.77. The number of benzene rings is 1. The predicted molar refractivity (Wildman–Crippen MR) is 77.4 cm³/mol. The second-order valence-corrected chi connectivity index (χ2v) is 4.48. The lowest BCUT2D eigenvalue weighted by Crippen LogP contribution is -2.07. The van der Waals surface area contributed by atoms with Crippen molar-refractivity contribution in [1.29, 1.82) is 0 Å². The molecule has 0 fully saturated rings. The fourth-order valence-electron chi connectivity index (χ4n) is 1.93. The maximum absolute atomic E-state index is 13.4. The molecule has 0 amide bonds. The number of rotatable bonds is 4. The van der Waals surface area contributed by atoms with Gasteiger partial charge in [0.1, 0.15) is 11.5 Å². The number of nitrogens with one attached hydrogen (secondary N) is 2. The summed E-state index contributed by atoms with van der Waals surface area (Å²) in [4.78, 5) is 18.6. The summed E-state index contributed by atoms with van der Waals surface area (Å²) in [6.45, 7) is 3.25. The van der Waals surface area contributed by atoms with E-state index in [2.05, 4.69) is 20.6 Å². The molecule has 0 bridgehead atoms. The summed E-state index contributed by atoms with van der Waals surface area (Å²) in [6.07, 6.45) is 0. The van der Waals surface area contributed by atoms with Gasteiger partial charge in [0.15, 0.2) is 0 Å². The maximum Gasteiger partial charge on any atom is 0.332 e. The van der Waals surface area contributed by atoms with E-state index in [1.807, 2.05) is 0 Å². The van der Waals surface area contributed by atoms with Gasteiger partial charge in [0.25, 0.3) is 0 Å². The highest BCUT2D eigenvalue weighted by Crippen LogP contribution is 2.29. The van der Waals surface area contributed by atoms with Gasteiger partial charge in [-0.1, -0.05) is 0 Å². The van der Waals surface area contributed by atoms with E-state index < -0.39 is 10.7 Å². The van der Waals surface area contributed by atoms with Gasteiger partial charge in [-0.05, 0) is 37.6 Å². The Balaban J connectivity index is 2.51. The van der Waals surface area contributed by atoms with Crippen LogP contribution in [0.1, 0.15) is 11.3 Å². The molecule has 0 saturated heterocycles. The van der Waals surface area contributed by atoms with Crippen molar-refractivity contribution in [3.05, 3.63) is 45.4 Å². The predicted octanol–water partition coefficient (Wildman–Crippen LogP) is 2.93. The smallest absolute Gasteiger partial charge is 0.332 e. The zero-order chi connectivity index (χ0) is 15.6. The number of aromatic nitrogens is 2. The highest BCUT2D eigenvalue weighted by molar-refractivity contribution is 5.68. The summed E-state index contributed by atoms with van der Waals surface area (Å²) in [5.41, 5.74) is 1.06. The molecule has 8 heteroatoms. The Hall–Kier alpha value is -2.77. The normalized spacial score (nSPS) is 10.3. The van der Waals surface area contributed by atoms with E-state index in [9.17, 15) is 14.5 Å². The molecule has 7 nitrogen and oxygen atoms in total. The second kappa shape index (κ2) is 5.70. The zero-order valence-corrected chi connectivity index (χ0v) is 11.8. The number of hydrogen-bond acceptors (Lipinski definition) is 6. The number of hydrogen-bond donors (Lipinski definition) is 2. The third-order valence-electron chi connectivity index (χ3n) is 2.77. The van der Waals surface area contributed by atoms with Crippen LogP contribution in [-0.2, 0) is 0 Å². The van der Waals surface area contributed by atoms with E-state index in [-0.39, 0.29) is 23.1 Å². The monoisotopic (exact) mass is 291 g/mol. The van der Waals surface area contributed by atoms with E-state index in [1.54, 1.807) is 20.0 Å². The van der Waals surface area contributed by atoms with Crippen molar-refractivity contribution in [2.45, 2.75) is 13.8 Å². The fraction of sp³-hybridized carbons (Fsp3) is 0.231. The van der Waals surface area contributed by atoms with Crippen LogP contribution < -0.4 is 10.6 Å². The Morgan fingerprint density at radius 1 is 1.24 bits per heavy atom. The maximum atomic E-state index is 13.4. The third kappa shape index (κ3) is 3.22. The van der Waals surface area contributed by atoms with Gasteiger partial charge in [-0.25, -0.2) is 9.37 Å². The molecule has 2 rings (SSSR count). The van der Waals surface area contributed by atoms with Gasteiger partial charge in [0.2, 0.25) is 11.8 Å². The molecule has 1 aromatic heterocycles. The van der Waals surface area contributed by atoms with Crippen molar-refractivity contribution in [1.82, 2.24) is 9.97 Å². The number of nitro groups is 1. The van der Waals surface area contributed by atoms with Gasteiger partial charge in [0.05, 0.1) is 4.92 Å². The number of aryl methyl sites for hydroxylation is 2. The van der Waals surface area contributed by atoms with Gasteiger partial charge < -0.3 is 10.6 Å². The van der Waals surface area contributed by atoms with Crippen LogP contribution in [0.5, 0.6) is 0 Å². The molecule has 0 aliphatic carbocycles. The Bertz CT molecular complexity index is 685. The lowest BCUT2D eigenvalue weighted by Gasteiger charge is -2.10. The molecule has 1 aromatic carbocycles. The summed E-state index contributed by atoms with van der Waals surface area (Å²) >= 11 is 0. The van der Waals surface area contributed by atoms with E-state index in [0.29, 0.717) is 11.3 Å². The Morgan fingerprint density at radius 3 is 2.52 bits per heavy atom. The molecule has 2 aromatic rings. The summed E-state index contributed by atoms with van der Waals surface area (Å²) < 4.78 is 13.4. The molecule has 0 atom stereocenters. The van der Waals surface area contributed by atoms with Crippen LogP contribution in [-0.4, -0.2) is 21.9 Å². The lowest BCUT2D eigenvalue weighted by molar-refractivity contribution is -0.385. The molecule has 0 radical (unpaired) electrons. The lowest BCUT2D eigenvalue weighted by atomic mass is 10.2. The van der Waals surface area contributed by atoms with Crippen LogP contribution in [0.25, 0.3) is 0 Å². The van der Waals surface area contributed by atoms with Crippen LogP contribution in [0.15, 0.2) is 18.2 Å². The van der Waals surface area contributed by atoms with Gasteiger partial charge >= 0.3 is 5.69 Å². The number of anilines is 3. The van der Waals surface area contributed by atoms with E-state index in [1.165, 1.54) is 19.1 Å². The topological polar surface area (TPSA) is 93.0 Å². The first-order chi connectivity index (χ1) is 9.90. The molecule has 0 aliphatic heterocycles. The Morgan fingerprint density at radius 2 is 1.95 bits per heavy atom. The molecular formula is C13H14FN5O2. The molecule has 21 heavy (non-hydrogen) atoms. The molecule has 1 heterocycles. The zero-order valence-electron chi connectivity index (χ0n) is 11.8. The van der Waals surface area contributed by atoms with Crippen LogP contribution in [0, 0.1) is 29.8 Å². The SMILES string of the molecule is CNc1nc(C)c([N+](=O)[O-])c(Nc2cc(C)cc(F)c2)n1. The minimum absolute atomic E-state index is 0.0156. The van der Waals surface area contributed by atoms with E-state index in [0.717, 1.165) is 0 Å². The van der Waals surface area contributed by atoms with Crippen molar-refractivity contribution in [2.75, 3.05) is 17.7 Å². The van der Waals surface area contributed by atoms with Crippen molar-refractivity contribution >= 4 is 23.1 Å². The molecule has 0 aliphatic rings. The molecule has 0 unspecified atom stereocenters. The van der Waals surface area contributed by atoms with Crippen LogP contribution >= 0.6 is 0 Å². The number of nitrogens with zero attached hydrogens (tertiary/aromatic N) is 3. The van der Waals surface area contributed by atoms with Crippen molar-refractivity contribution in [3.63, 3.8) is 0 Å². The van der Waals surface area contributed by atoms with E-state index >= 15 is 0 Å². The standard InChI is InChI=1S/C13H14FN5O2/c1-7-4-9(14)6-10(5-7)17-12-11(19(20)21)8(2)16-13(15-3)18-12/h4-6H,1-3H3,(H2,15,16,17,18). The van der Waals surface area contributed by atoms with Crippen molar-refractivity contribution in [3.8, 4) is 0 Å². The Kier molecular flexibility index (Phi) is 3.97. The average molecular weight is 291 g/mol. The summed E-state index contributed by atoms with van der Waals surface area (Å²) in [5, 5.41) is 16.7. The fourth-order valence-corrected chi connectivity index (χ4v) is 1.93. The largest absolute Gasteiger partial charge is 0.357 e. The van der Waals surface area contributed by atoms with Gasteiger partial charge in [-0.3, -0.25) is 10.1 Å². The summed E-state index contributed by atoms with van der Waals surface area (Å²) in [6, 6.07) is 4.28. The molecule has 0 spiro atoms. The van der Waals surface area contributed by atoms with E-state index in [4.69, 9.17) is 0 Å². The summed E-state index contributed by atoms with van der Waals surface area (Å²) in [7, 11) is 1.61. The first-order valence-corrected chi connectivity index (χ1v) is 6.15. The van der Waals surface area contributed by atoms with Gasteiger partial charge in [-0.15, -0.1) is 0 Å². The molecular weight excluding hydrogens is 277 g/mol. The molecule has 2 N–H and O–H groups in total. The molecule has 110 valence electrons. The average Bonchev–Trinajstić information content (AvgIpc) is 2.36. The quantitative estimate of drug-likeness (QED) is 0.664. The first-order valence-electron chi connectivity index (χ1n) is 6.15. The minimum Gasteiger partial charge on any atom is -0.357 e. The summed E-state index contributed by atoms with van der Waals surface area (Å²) in [5.74, 6) is -0.171. The van der Waals surface area contributed by atoms with Crippen LogP contribution in [0.4, 0.5) is 27.5 Å². The van der Waals surface area contributed by atoms with Crippen molar-refractivity contribution < 1.29 is 9.31 Å². The van der Waals surface area contributed by atoms with Crippen LogP contribution in [0.3, 0.4) is 0 Å². The Labute approximate surface area is 120 Å². The number of halogens is 1. The van der Waals surface area contributed by atoms with Crippen LogP contribution in [0.2, 0.25) is 0 Å². The van der Waals surface area contributed by atoms with Crippen molar-refractivity contribution in [2.24, 2.45) is 0 Å².